The van der Waals surface area contributed by atoms with Crippen molar-refractivity contribution in [1.82, 2.24) is 14.9 Å². The van der Waals surface area contributed by atoms with Crippen LogP contribution in [0.25, 0.3) is 0 Å². The highest BCUT2D eigenvalue weighted by Crippen LogP contribution is 1.99. The lowest BCUT2D eigenvalue weighted by Crippen LogP contribution is -2.31. The molecule has 0 saturated heterocycles. The zero-order valence-corrected chi connectivity index (χ0v) is 11.9. The van der Waals surface area contributed by atoms with Gasteiger partial charge in [-0.05, 0) is 25.3 Å². The highest BCUT2D eigenvalue weighted by atomic mass is 16.2. The van der Waals surface area contributed by atoms with Crippen LogP contribution < -0.4 is 16.3 Å². The predicted octanol–water partition coefficient (Wildman–Crippen LogP) is 2.13. The van der Waals surface area contributed by atoms with Crippen molar-refractivity contribution in [1.29, 1.82) is 0 Å². The van der Waals surface area contributed by atoms with Crippen LogP contribution in [0.3, 0.4) is 0 Å². The van der Waals surface area contributed by atoms with Crippen molar-refractivity contribution >= 4 is 11.8 Å². The van der Waals surface area contributed by atoms with Gasteiger partial charge in [0.05, 0.1) is 0 Å². The molecule has 0 spiro atoms. The number of amides is 2. The van der Waals surface area contributed by atoms with E-state index in [2.05, 4.69) is 22.2 Å². The van der Waals surface area contributed by atoms with Crippen molar-refractivity contribution in [3.05, 3.63) is 35.4 Å². The summed E-state index contributed by atoms with van der Waals surface area (Å²) in [6.45, 7) is 6.89. The molecule has 2 amide bonds. The van der Waals surface area contributed by atoms with Crippen molar-refractivity contribution in [3.63, 3.8) is 0 Å². The lowest BCUT2D eigenvalue weighted by Gasteiger charge is -2.08. The number of unbranched alkanes of at least 4 members (excludes halogenated alkanes) is 2. The molecule has 0 aromatic carbocycles. The van der Waals surface area contributed by atoms with Gasteiger partial charge in [-0.1, -0.05) is 19.4 Å². The average Bonchev–Trinajstić information content (AvgIpc) is 2.42. The summed E-state index contributed by atoms with van der Waals surface area (Å²) in [5, 5.41) is 5.24. The van der Waals surface area contributed by atoms with Crippen LogP contribution in [0, 0.1) is 0 Å². The van der Waals surface area contributed by atoms with E-state index in [1.165, 1.54) is 4.57 Å². The number of hydrogen-bond acceptors (Lipinski definition) is 3. The average molecular weight is 278 g/mol. The van der Waals surface area contributed by atoms with Gasteiger partial charge in [0.25, 0.3) is 0 Å². The SMILES string of the molecule is C=CCCCn1ccc(NC(=O)NCCCC)nc1=O. The second-order valence-corrected chi connectivity index (χ2v) is 4.45. The number of carbonyl (C=O) groups is 1. The molecule has 0 aliphatic rings. The zero-order valence-electron chi connectivity index (χ0n) is 11.9. The van der Waals surface area contributed by atoms with Gasteiger partial charge >= 0.3 is 11.7 Å². The first-order valence-electron chi connectivity index (χ1n) is 6.90. The van der Waals surface area contributed by atoms with Crippen LogP contribution >= 0.6 is 0 Å². The van der Waals surface area contributed by atoms with Crippen LogP contribution in [-0.4, -0.2) is 22.1 Å². The highest BCUT2D eigenvalue weighted by molar-refractivity contribution is 5.87. The number of nitrogens with one attached hydrogen (secondary N) is 2. The Bertz CT molecular complexity index is 496. The molecule has 0 bridgehead atoms. The number of rotatable bonds is 8. The summed E-state index contributed by atoms with van der Waals surface area (Å²) in [6.07, 6.45) is 7.09. The molecular weight excluding hydrogens is 256 g/mol. The minimum absolute atomic E-state index is 0.268. The Morgan fingerprint density at radius 1 is 1.50 bits per heavy atom. The summed E-state index contributed by atoms with van der Waals surface area (Å²) in [5.41, 5.74) is -0.361. The molecule has 1 heterocycles. The number of anilines is 1. The van der Waals surface area contributed by atoms with Crippen molar-refractivity contribution < 1.29 is 4.79 Å². The van der Waals surface area contributed by atoms with Crippen LogP contribution in [0.1, 0.15) is 32.6 Å². The molecule has 1 aromatic rings. The predicted molar refractivity (Wildman–Crippen MR) is 79.9 cm³/mol. The largest absolute Gasteiger partial charge is 0.349 e. The number of hydrogen-bond donors (Lipinski definition) is 2. The lowest BCUT2D eigenvalue weighted by atomic mass is 10.3. The molecule has 0 radical (unpaired) electrons. The Labute approximate surface area is 118 Å². The van der Waals surface area contributed by atoms with Gasteiger partial charge in [-0.3, -0.25) is 9.88 Å². The summed E-state index contributed by atoms with van der Waals surface area (Å²) >= 11 is 0. The second-order valence-electron chi connectivity index (χ2n) is 4.45. The third-order valence-corrected chi connectivity index (χ3v) is 2.74. The number of aromatic nitrogens is 2. The number of carbonyl (C=O) groups excluding carboxylic acids is 1. The van der Waals surface area contributed by atoms with Gasteiger partial charge < -0.3 is 5.32 Å². The Balaban J connectivity index is 2.52. The molecule has 6 heteroatoms. The molecular formula is C14H22N4O2. The van der Waals surface area contributed by atoms with Crippen LogP contribution in [0.4, 0.5) is 10.6 Å². The maximum Gasteiger partial charge on any atom is 0.349 e. The smallest absolute Gasteiger partial charge is 0.338 e. The first-order valence-corrected chi connectivity index (χ1v) is 6.90. The summed E-state index contributed by atoms with van der Waals surface area (Å²) in [6, 6.07) is 1.28. The monoisotopic (exact) mass is 278 g/mol. The van der Waals surface area contributed by atoms with Crippen LogP contribution in [-0.2, 0) is 6.54 Å². The van der Waals surface area contributed by atoms with Crippen molar-refractivity contribution in [2.45, 2.75) is 39.2 Å². The molecule has 0 atom stereocenters. The molecule has 0 fully saturated rings. The van der Waals surface area contributed by atoms with Crippen molar-refractivity contribution in [2.75, 3.05) is 11.9 Å². The minimum atomic E-state index is -0.361. The van der Waals surface area contributed by atoms with Gasteiger partial charge in [-0.2, -0.15) is 4.98 Å². The van der Waals surface area contributed by atoms with E-state index in [1.54, 1.807) is 12.3 Å². The van der Waals surface area contributed by atoms with E-state index in [1.807, 2.05) is 13.0 Å². The standard InChI is InChI=1S/C14H22N4O2/c1-3-5-7-10-18-11-8-12(17-14(18)20)16-13(19)15-9-6-4-2/h3,8,11H,1,4-7,9-10H2,2H3,(H2,15,16,17,19,20). The molecule has 6 nitrogen and oxygen atoms in total. The van der Waals surface area contributed by atoms with E-state index in [9.17, 15) is 9.59 Å². The Morgan fingerprint density at radius 2 is 2.30 bits per heavy atom. The third-order valence-electron chi connectivity index (χ3n) is 2.74. The molecule has 20 heavy (non-hydrogen) atoms. The van der Waals surface area contributed by atoms with E-state index in [0.717, 1.165) is 25.7 Å². The fraction of sp³-hybridized carbons (Fsp3) is 0.500. The summed E-state index contributed by atoms with van der Waals surface area (Å²) in [4.78, 5) is 27.1. The molecule has 2 N–H and O–H groups in total. The van der Waals surface area contributed by atoms with Crippen molar-refractivity contribution in [3.8, 4) is 0 Å². The number of urea groups is 1. The van der Waals surface area contributed by atoms with E-state index in [-0.39, 0.29) is 17.5 Å². The van der Waals surface area contributed by atoms with E-state index >= 15 is 0 Å². The second kappa shape index (κ2) is 8.90. The van der Waals surface area contributed by atoms with Crippen molar-refractivity contribution in [2.24, 2.45) is 0 Å². The van der Waals surface area contributed by atoms with E-state index in [0.29, 0.717) is 13.1 Å². The Hall–Kier alpha value is -2.11. The van der Waals surface area contributed by atoms with Crippen LogP contribution in [0.2, 0.25) is 0 Å². The normalized spacial score (nSPS) is 10.1. The van der Waals surface area contributed by atoms with E-state index in [4.69, 9.17) is 0 Å². The Kier molecular flexibility index (Phi) is 7.10. The zero-order chi connectivity index (χ0) is 14.8. The van der Waals surface area contributed by atoms with Gasteiger partial charge in [0.2, 0.25) is 0 Å². The first-order chi connectivity index (χ1) is 9.67. The molecule has 1 rings (SSSR count). The van der Waals surface area contributed by atoms with Gasteiger partial charge in [0.15, 0.2) is 0 Å². The molecule has 0 aliphatic carbocycles. The third kappa shape index (κ3) is 5.69. The number of nitrogens with zero attached hydrogens (tertiary/aromatic N) is 2. The molecule has 110 valence electrons. The molecule has 0 aliphatic heterocycles. The molecule has 0 saturated carbocycles. The summed E-state index contributed by atoms with van der Waals surface area (Å²) < 4.78 is 1.52. The van der Waals surface area contributed by atoms with Crippen LogP contribution in [0.5, 0.6) is 0 Å². The maximum atomic E-state index is 11.7. The maximum absolute atomic E-state index is 11.7. The molecule has 0 unspecified atom stereocenters. The quantitative estimate of drug-likeness (QED) is 0.565. The Morgan fingerprint density at radius 3 is 2.95 bits per heavy atom. The van der Waals surface area contributed by atoms with Crippen LogP contribution in [0.15, 0.2) is 29.7 Å². The van der Waals surface area contributed by atoms with Gasteiger partial charge in [-0.25, -0.2) is 9.59 Å². The fourth-order valence-electron chi connectivity index (χ4n) is 1.61. The van der Waals surface area contributed by atoms with Gasteiger partial charge in [-0.15, -0.1) is 6.58 Å². The minimum Gasteiger partial charge on any atom is -0.338 e. The summed E-state index contributed by atoms with van der Waals surface area (Å²) in [7, 11) is 0. The molecule has 1 aromatic heterocycles. The summed E-state index contributed by atoms with van der Waals surface area (Å²) in [5.74, 6) is 0.268. The number of allylic oxidation sites excluding steroid dienone is 1. The van der Waals surface area contributed by atoms with Gasteiger partial charge in [0, 0.05) is 19.3 Å². The highest BCUT2D eigenvalue weighted by Gasteiger charge is 2.04. The lowest BCUT2D eigenvalue weighted by molar-refractivity contribution is 0.252. The van der Waals surface area contributed by atoms with E-state index < -0.39 is 0 Å². The fourth-order valence-corrected chi connectivity index (χ4v) is 1.61. The first kappa shape index (κ1) is 15.9. The topological polar surface area (TPSA) is 76.0 Å². The number of aryl methyl sites for hydroxylation is 1. The van der Waals surface area contributed by atoms with Gasteiger partial charge in [0.1, 0.15) is 5.82 Å².